The van der Waals surface area contributed by atoms with Crippen LogP contribution in [0, 0.1) is 6.92 Å². The monoisotopic (exact) mass is 259 g/mol. The van der Waals surface area contributed by atoms with Crippen molar-refractivity contribution in [2.45, 2.75) is 6.92 Å². The summed E-state index contributed by atoms with van der Waals surface area (Å²) in [5.74, 6) is 0.155. The van der Waals surface area contributed by atoms with Gasteiger partial charge < -0.3 is 9.84 Å². The zero-order valence-corrected chi connectivity index (χ0v) is 10.5. The molecule has 0 aliphatic carbocycles. The molecule has 0 saturated carbocycles. The lowest BCUT2D eigenvalue weighted by atomic mass is 10.2. The minimum absolute atomic E-state index is 0.0235. The molecule has 19 heavy (non-hydrogen) atoms. The van der Waals surface area contributed by atoms with E-state index < -0.39 is 5.91 Å². The van der Waals surface area contributed by atoms with E-state index in [1.54, 1.807) is 25.1 Å². The van der Waals surface area contributed by atoms with Gasteiger partial charge in [0.25, 0.3) is 5.91 Å². The Morgan fingerprint density at radius 1 is 1.32 bits per heavy atom. The normalized spacial score (nSPS) is 10.0. The van der Waals surface area contributed by atoms with Gasteiger partial charge in [0.1, 0.15) is 5.75 Å². The number of aryl methyl sites for hydroxylation is 1. The number of nitrogens with zero attached hydrogens (tertiary/aromatic N) is 2. The number of ether oxygens (including phenoxy) is 1. The summed E-state index contributed by atoms with van der Waals surface area (Å²) in [4.78, 5) is 20.0. The average molecular weight is 259 g/mol. The van der Waals surface area contributed by atoms with Gasteiger partial charge in [0.2, 0.25) is 11.8 Å². The molecule has 98 valence electrons. The Labute approximate surface area is 110 Å². The predicted octanol–water partition coefficient (Wildman–Crippen LogP) is 1.75. The smallest absolute Gasteiger partial charge is 0.258 e. The fourth-order valence-electron chi connectivity index (χ4n) is 1.52. The third kappa shape index (κ3) is 3.19. The summed E-state index contributed by atoms with van der Waals surface area (Å²) in [5, 5.41) is 11.9. The molecule has 2 N–H and O–H groups in total. The van der Waals surface area contributed by atoms with Crippen LogP contribution in [0.4, 0.5) is 5.95 Å². The number of carbonyl (C=O) groups is 1. The second kappa shape index (κ2) is 5.34. The summed E-state index contributed by atoms with van der Waals surface area (Å²) in [5.41, 5.74) is 1.00. The van der Waals surface area contributed by atoms with Crippen molar-refractivity contribution in [3.8, 4) is 11.6 Å². The SMILES string of the molecule is COc1cc(C)nc(NC(=O)c2cccc(O)c2)n1. The molecule has 6 heteroatoms. The molecule has 2 aromatic rings. The number of carbonyl (C=O) groups excluding carboxylic acids is 1. The summed E-state index contributed by atoms with van der Waals surface area (Å²) in [6.07, 6.45) is 0. The van der Waals surface area contributed by atoms with E-state index in [2.05, 4.69) is 15.3 Å². The molecular formula is C13H13N3O3. The molecule has 0 unspecified atom stereocenters. The molecule has 0 fully saturated rings. The first-order valence-corrected chi connectivity index (χ1v) is 5.58. The highest BCUT2D eigenvalue weighted by Gasteiger charge is 2.09. The number of methoxy groups -OCH3 is 1. The van der Waals surface area contributed by atoms with Gasteiger partial charge in [-0.15, -0.1) is 0 Å². The third-order valence-corrected chi connectivity index (χ3v) is 2.37. The van der Waals surface area contributed by atoms with Gasteiger partial charge >= 0.3 is 0 Å². The molecule has 0 saturated heterocycles. The topological polar surface area (TPSA) is 84.3 Å². The van der Waals surface area contributed by atoms with Crippen molar-refractivity contribution in [2.24, 2.45) is 0 Å². The second-order valence-corrected chi connectivity index (χ2v) is 3.88. The maximum atomic E-state index is 11.9. The number of amides is 1. The van der Waals surface area contributed by atoms with E-state index in [4.69, 9.17) is 4.74 Å². The van der Waals surface area contributed by atoms with Crippen molar-refractivity contribution >= 4 is 11.9 Å². The van der Waals surface area contributed by atoms with E-state index in [0.29, 0.717) is 17.1 Å². The number of benzene rings is 1. The second-order valence-electron chi connectivity index (χ2n) is 3.88. The summed E-state index contributed by atoms with van der Waals surface area (Å²) in [6, 6.07) is 7.68. The quantitative estimate of drug-likeness (QED) is 0.877. The van der Waals surface area contributed by atoms with E-state index in [1.807, 2.05) is 0 Å². The molecular weight excluding hydrogens is 246 g/mol. The van der Waals surface area contributed by atoms with Crippen LogP contribution in [0.15, 0.2) is 30.3 Å². The Morgan fingerprint density at radius 2 is 2.11 bits per heavy atom. The Bertz CT molecular complexity index is 614. The summed E-state index contributed by atoms with van der Waals surface area (Å²) in [6.45, 7) is 1.77. The lowest BCUT2D eigenvalue weighted by Gasteiger charge is -2.06. The molecule has 0 bridgehead atoms. The summed E-state index contributed by atoms with van der Waals surface area (Å²) in [7, 11) is 1.49. The number of phenolic OH excluding ortho intramolecular Hbond substituents is 1. The van der Waals surface area contributed by atoms with Gasteiger partial charge in [-0.1, -0.05) is 6.07 Å². The van der Waals surface area contributed by atoms with Crippen LogP contribution in [0.1, 0.15) is 16.1 Å². The maximum Gasteiger partial charge on any atom is 0.258 e. The van der Waals surface area contributed by atoms with Crippen molar-refractivity contribution in [3.63, 3.8) is 0 Å². The highest BCUT2D eigenvalue weighted by Crippen LogP contribution is 2.14. The molecule has 0 aliphatic rings. The van der Waals surface area contributed by atoms with Crippen molar-refractivity contribution in [2.75, 3.05) is 12.4 Å². The zero-order chi connectivity index (χ0) is 13.8. The van der Waals surface area contributed by atoms with Crippen molar-refractivity contribution in [1.82, 2.24) is 9.97 Å². The molecule has 1 aromatic heterocycles. The molecule has 2 rings (SSSR count). The number of nitrogens with one attached hydrogen (secondary N) is 1. The fraction of sp³-hybridized carbons (Fsp3) is 0.154. The molecule has 1 amide bonds. The molecule has 1 aromatic carbocycles. The number of aromatic hydroxyl groups is 1. The van der Waals surface area contributed by atoms with Crippen LogP contribution < -0.4 is 10.1 Å². The fourth-order valence-corrected chi connectivity index (χ4v) is 1.52. The van der Waals surface area contributed by atoms with Gasteiger partial charge in [0.15, 0.2) is 0 Å². The van der Waals surface area contributed by atoms with E-state index in [-0.39, 0.29) is 11.7 Å². The number of hydrogen-bond donors (Lipinski definition) is 2. The Kier molecular flexibility index (Phi) is 3.61. The van der Waals surface area contributed by atoms with Crippen molar-refractivity contribution < 1.29 is 14.6 Å². The van der Waals surface area contributed by atoms with Crippen LogP contribution in [-0.4, -0.2) is 28.1 Å². The largest absolute Gasteiger partial charge is 0.508 e. The minimum Gasteiger partial charge on any atom is -0.508 e. The van der Waals surface area contributed by atoms with E-state index >= 15 is 0 Å². The lowest BCUT2D eigenvalue weighted by molar-refractivity contribution is 0.102. The highest BCUT2D eigenvalue weighted by molar-refractivity contribution is 6.03. The third-order valence-electron chi connectivity index (χ3n) is 2.37. The highest BCUT2D eigenvalue weighted by atomic mass is 16.5. The number of hydrogen-bond acceptors (Lipinski definition) is 5. The van der Waals surface area contributed by atoms with E-state index in [9.17, 15) is 9.90 Å². The van der Waals surface area contributed by atoms with Gasteiger partial charge in [0, 0.05) is 17.3 Å². The van der Waals surface area contributed by atoms with Gasteiger partial charge in [-0.3, -0.25) is 10.1 Å². The molecule has 0 spiro atoms. The molecule has 6 nitrogen and oxygen atoms in total. The molecule has 0 radical (unpaired) electrons. The summed E-state index contributed by atoms with van der Waals surface area (Å²) < 4.78 is 5.00. The van der Waals surface area contributed by atoms with Gasteiger partial charge in [-0.2, -0.15) is 4.98 Å². The Hall–Kier alpha value is -2.63. The van der Waals surface area contributed by atoms with Crippen LogP contribution in [-0.2, 0) is 0 Å². The maximum absolute atomic E-state index is 11.9. The van der Waals surface area contributed by atoms with Crippen LogP contribution in [0.2, 0.25) is 0 Å². The average Bonchev–Trinajstić information content (AvgIpc) is 2.38. The first-order chi connectivity index (χ1) is 9.08. The number of anilines is 1. The van der Waals surface area contributed by atoms with Gasteiger partial charge in [-0.05, 0) is 25.1 Å². The predicted molar refractivity (Wildman–Crippen MR) is 69.4 cm³/mol. The van der Waals surface area contributed by atoms with Gasteiger partial charge in [-0.25, -0.2) is 4.98 Å². The molecule has 1 heterocycles. The minimum atomic E-state index is -0.399. The summed E-state index contributed by atoms with van der Waals surface area (Å²) >= 11 is 0. The Balaban J connectivity index is 2.21. The lowest BCUT2D eigenvalue weighted by Crippen LogP contribution is -2.14. The molecule has 0 aliphatic heterocycles. The standard InChI is InChI=1S/C13H13N3O3/c1-8-6-11(19-2)15-13(14-8)16-12(18)9-4-3-5-10(17)7-9/h3-7,17H,1-2H3,(H,14,15,16,18). The number of aromatic nitrogens is 2. The van der Waals surface area contributed by atoms with Crippen LogP contribution >= 0.6 is 0 Å². The van der Waals surface area contributed by atoms with E-state index in [1.165, 1.54) is 19.2 Å². The zero-order valence-electron chi connectivity index (χ0n) is 10.5. The molecule has 0 atom stereocenters. The van der Waals surface area contributed by atoms with Crippen LogP contribution in [0.3, 0.4) is 0 Å². The first-order valence-electron chi connectivity index (χ1n) is 5.58. The van der Waals surface area contributed by atoms with Crippen LogP contribution in [0.25, 0.3) is 0 Å². The van der Waals surface area contributed by atoms with Crippen molar-refractivity contribution in [1.29, 1.82) is 0 Å². The van der Waals surface area contributed by atoms with E-state index in [0.717, 1.165) is 0 Å². The van der Waals surface area contributed by atoms with Crippen LogP contribution in [0.5, 0.6) is 11.6 Å². The number of rotatable bonds is 3. The Morgan fingerprint density at radius 3 is 2.79 bits per heavy atom. The van der Waals surface area contributed by atoms with Gasteiger partial charge in [0.05, 0.1) is 7.11 Å². The first kappa shape index (κ1) is 12.8. The number of phenols is 1. The van der Waals surface area contributed by atoms with Crippen molar-refractivity contribution in [3.05, 3.63) is 41.6 Å².